The van der Waals surface area contributed by atoms with E-state index in [1.54, 1.807) is 36.4 Å². The van der Waals surface area contributed by atoms with Gasteiger partial charge in [0.2, 0.25) is 0 Å². The van der Waals surface area contributed by atoms with Crippen molar-refractivity contribution in [1.82, 2.24) is 4.57 Å². The molecule has 0 atom stereocenters. The lowest BCUT2D eigenvalue weighted by Crippen LogP contribution is -2.22. The Bertz CT molecular complexity index is 853. The minimum Gasteiger partial charge on any atom is -0.385 e. The van der Waals surface area contributed by atoms with Crippen molar-refractivity contribution in [3.05, 3.63) is 69.2 Å². The molecule has 0 saturated heterocycles. The first-order valence-electron chi connectivity index (χ1n) is 5.94. The standard InChI is InChI=1S/C15H10BrFN2O/c16-11-6-3-7-12(17)14(11)19-13(18)8-9-4-1-2-5-10(9)15(19)20/h1-8H,18H2. The molecule has 100 valence electrons. The maximum absolute atomic E-state index is 14.1. The molecule has 2 aromatic carbocycles. The molecule has 0 unspecified atom stereocenters. The predicted molar refractivity (Wildman–Crippen MR) is 81.6 cm³/mol. The number of rotatable bonds is 1. The van der Waals surface area contributed by atoms with Crippen molar-refractivity contribution in [2.45, 2.75) is 0 Å². The number of hydrogen-bond acceptors (Lipinski definition) is 2. The van der Waals surface area contributed by atoms with E-state index in [2.05, 4.69) is 15.9 Å². The highest BCUT2D eigenvalue weighted by Crippen LogP contribution is 2.26. The third-order valence-electron chi connectivity index (χ3n) is 3.12. The van der Waals surface area contributed by atoms with Crippen LogP contribution in [0.25, 0.3) is 16.5 Å². The summed E-state index contributed by atoms with van der Waals surface area (Å²) < 4.78 is 15.7. The molecular formula is C15H10BrFN2O. The largest absolute Gasteiger partial charge is 0.385 e. The van der Waals surface area contributed by atoms with Gasteiger partial charge in [0.25, 0.3) is 5.56 Å². The predicted octanol–water partition coefficient (Wildman–Crippen LogP) is 3.47. The van der Waals surface area contributed by atoms with Crippen molar-refractivity contribution >= 4 is 32.5 Å². The molecule has 0 radical (unpaired) electrons. The molecule has 3 rings (SSSR count). The number of anilines is 1. The maximum Gasteiger partial charge on any atom is 0.264 e. The molecule has 0 saturated carbocycles. The summed E-state index contributed by atoms with van der Waals surface area (Å²) >= 11 is 3.26. The highest BCUT2D eigenvalue weighted by Gasteiger charge is 2.15. The summed E-state index contributed by atoms with van der Waals surface area (Å²) in [5, 5.41) is 1.23. The van der Waals surface area contributed by atoms with Gasteiger partial charge in [-0.05, 0) is 45.6 Å². The fourth-order valence-corrected chi connectivity index (χ4v) is 2.73. The topological polar surface area (TPSA) is 48.0 Å². The van der Waals surface area contributed by atoms with Crippen LogP contribution in [0.3, 0.4) is 0 Å². The minimum atomic E-state index is -0.511. The van der Waals surface area contributed by atoms with Crippen LogP contribution >= 0.6 is 15.9 Å². The molecule has 1 aromatic heterocycles. The van der Waals surface area contributed by atoms with Crippen LogP contribution in [0.5, 0.6) is 0 Å². The lowest BCUT2D eigenvalue weighted by atomic mass is 10.1. The van der Waals surface area contributed by atoms with E-state index in [-0.39, 0.29) is 17.1 Å². The van der Waals surface area contributed by atoms with Crippen LogP contribution in [0, 0.1) is 5.82 Å². The van der Waals surface area contributed by atoms with Gasteiger partial charge < -0.3 is 5.73 Å². The number of aromatic nitrogens is 1. The van der Waals surface area contributed by atoms with E-state index in [9.17, 15) is 9.18 Å². The van der Waals surface area contributed by atoms with E-state index < -0.39 is 5.82 Å². The number of pyridine rings is 1. The van der Waals surface area contributed by atoms with Crippen LogP contribution in [0.4, 0.5) is 10.2 Å². The zero-order valence-electron chi connectivity index (χ0n) is 10.3. The Morgan fingerprint density at radius 3 is 2.60 bits per heavy atom. The van der Waals surface area contributed by atoms with Crippen molar-refractivity contribution < 1.29 is 4.39 Å². The summed E-state index contributed by atoms with van der Waals surface area (Å²) in [6.45, 7) is 0. The van der Waals surface area contributed by atoms with E-state index in [1.807, 2.05) is 6.07 Å². The first-order chi connectivity index (χ1) is 9.59. The van der Waals surface area contributed by atoms with Gasteiger partial charge in [-0.25, -0.2) is 4.39 Å². The van der Waals surface area contributed by atoms with Gasteiger partial charge in [-0.3, -0.25) is 9.36 Å². The van der Waals surface area contributed by atoms with Gasteiger partial charge in [0.1, 0.15) is 17.3 Å². The Labute approximate surface area is 122 Å². The first kappa shape index (κ1) is 12.9. The quantitative estimate of drug-likeness (QED) is 0.741. The molecule has 0 spiro atoms. The molecule has 3 nitrogen and oxygen atoms in total. The second kappa shape index (κ2) is 4.76. The lowest BCUT2D eigenvalue weighted by Gasteiger charge is -2.13. The number of benzene rings is 2. The number of nitrogens with zero attached hydrogens (tertiary/aromatic N) is 1. The van der Waals surface area contributed by atoms with E-state index in [1.165, 1.54) is 10.6 Å². The van der Waals surface area contributed by atoms with E-state index >= 15 is 0 Å². The second-order valence-electron chi connectivity index (χ2n) is 4.37. The minimum absolute atomic E-state index is 0.126. The molecule has 0 bridgehead atoms. The molecule has 1 heterocycles. The summed E-state index contributed by atoms with van der Waals surface area (Å²) in [6.07, 6.45) is 0. The van der Waals surface area contributed by atoms with E-state index in [0.29, 0.717) is 9.86 Å². The molecule has 0 aliphatic heterocycles. The van der Waals surface area contributed by atoms with Crippen LogP contribution in [0.1, 0.15) is 0 Å². The van der Waals surface area contributed by atoms with Gasteiger partial charge in [0, 0.05) is 9.86 Å². The molecule has 0 amide bonds. The summed E-state index contributed by atoms with van der Waals surface area (Å²) in [5.41, 5.74) is 5.72. The van der Waals surface area contributed by atoms with Crippen LogP contribution < -0.4 is 11.3 Å². The fraction of sp³-hybridized carbons (Fsp3) is 0. The smallest absolute Gasteiger partial charge is 0.264 e. The lowest BCUT2D eigenvalue weighted by molar-refractivity contribution is 0.616. The number of halogens is 2. The van der Waals surface area contributed by atoms with Crippen molar-refractivity contribution in [1.29, 1.82) is 0 Å². The fourth-order valence-electron chi connectivity index (χ4n) is 2.21. The Morgan fingerprint density at radius 2 is 1.85 bits per heavy atom. The van der Waals surface area contributed by atoms with Gasteiger partial charge >= 0.3 is 0 Å². The third-order valence-corrected chi connectivity index (χ3v) is 3.76. The zero-order valence-corrected chi connectivity index (χ0v) is 11.9. The maximum atomic E-state index is 14.1. The molecule has 3 aromatic rings. The highest BCUT2D eigenvalue weighted by molar-refractivity contribution is 9.10. The monoisotopic (exact) mass is 332 g/mol. The van der Waals surface area contributed by atoms with Gasteiger partial charge in [0.05, 0.1) is 0 Å². The Morgan fingerprint density at radius 1 is 1.10 bits per heavy atom. The van der Waals surface area contributed by atoms with Gasteiger partial charge in [-0.1, -0.05) is 24.3 Å². The molecule has 0 fully saturated rings. The van der Waals surface area contributed by atoms with Crippen molar-refractivity contribution in [2.24, 2.45) is 0 Å². The first-order valence-corrected chi connectivity index (χ1v) is 6.73. The van der Waals surface area contributed by atoms with Crippen LogP contribution in [0.2, 0.25) is 0 Å². The van der Waals surface area contributed by atoms with Crippen LogP contribution in [-0.4, -0.2) is 4.57 Å². The van der Waals surface area contributed by atoms with Crippen LogP contribution in [0.15, 0.2) is 57.8 Å². The van der Waals surface area contributed by atoms with E-state index in [4.69, 9.17) is 5.73 Å². The Balaban J connectivity index is 2.46. The van der Waals surface area contributed by atoms with Gasteiger partial charge in [-0.15, -0.1) is 0 Å². The summed E-state index contributed by atoms with van der Waals surface area (Å²) in [6, 6.07) is 13.3. The Kier molecular flexibility index (Phi) is 3.06. The van der Waals surface area contributed by atoms with Gasteiger partial charge in [0.15, 0.2) is 0 Å². The normalized spacial score (nSPS) is 10.9. The SMILES string of the molecule is Nc1cc2ccccc2c(=O)n1-c1c(F)cccc1Br. The molecule has 0 aliphatic carbocycles. The number of nitrogen functional groups attached to an aromatic ring is 1. The third kappa shape index (κ3) is 1.91. The molecule has 5 heteroatoms. The second-order valence-corrected chi connectivity index (χ2v) is 5.22. The Hall–Kier alpha value is -2.14. The number of nitrogens with two attached hydrogens (primary N) is 1. The summed E-state index contributed by atoms with van der Waals surface area (Å²) in [4.78, 5) is 12.5. The zero-order chi connectivity index (χ0) is 14.3. The summed E-state index contributed by atoms with van der Waals surface area (Å²) in [7, 11) is 0. The van der Waals surface area contributed by atoms with Crippen LogP contribution in [-0.2, 0) is 0 Å². The molecule has 0 aliphatic rings. The number of hydrogen-bond donors (Lipinski definition) is 1. The average Bonchev–Trinajstić information content (AvgIpc) is 2.42. The molecule has 20 heavy (non-hydrogen) atoms. The number of para-hydroxylation sites is 1. The average molecular weight is 333 g/mol. The highest BCUT2D eigenvalue weighted by atomic mass is 79.9. The van der Waals surface area contributed by atoms with E-state index in [0.717, 1.165) is 5.39 Å². The van der Waals surface area contributed by atoms with Crippen molar-refractivity contribution in [3.63, 3.8) is 0 Å². The summed E-state index contributed by atoms with van der Waals surface area (Å²) in [5.74, 6) is -0.317. The van der Waals surface area contributed by atoms with Gasteiger partial charge in [-0.2, -0.15) is 0 Å². The molecule has 2 N–H and O–H groups in total. The van der Waals surface area contributed by atoms with Crippen molar-refractivity contribution in [3.8, 4) is 5.69 Å². The van der Waals surface area contributed by atoms with Crippen molar-refractivity contribution in [2.75, 3.05) is 5.73 Å². The molecular weight excluding hydrogens is 323 g/mol. The number of fused-ring (bicyclic) bond motifs is 1.